The third-order valence-electron chi connectivity index (χ3n) is 4.91. The molecule has 1 aliphatic rings. The lowest BCUT2D eigenvalue weighted by Gasteiger charge is -2.31. The van der Waals surface area contributed by atoms with Gasteiger partial charge in [-0.3, -0.25) is 9.59 Å². The minimum atomic E-state index is -0.687. The number of rotatable bonds is 6. The Bertz CT molecular complexity index is 860. The van der Waals surface area contributed by atoms with E-state index in [1.54, 1.807) is 19.1 Å². The second-order valence-corrected chi connectivity index (χ2v) is 7.21. The Morgan fingerprint density at radius 2 is 1.86 bits per heavy atom. The van der Waals surface area contributed by atoms with Crippen LogP contribution in [0.4, 0.5) is 11.4 Å². The van der Waals surface area contributed by atoms with Gasteiger partial charge in [0.05, 0.1) is 11.4 Å². The fraction of sp³-hybridized carbons (Fsp3) is 0.364. The molecule has 0 spiro atoms. The molecule has 2 aromatic carbocycles. The maximum absolute atomic E-state index is 12.7. The van der Waals surface area contributed by atoms with Crippen molar-refractivity contribution in [1.82, 2.24) is 0 Å². The van der Waals surface area contributed by atoms with Crippen LogP contribution in [0.3, 0.4) is 0 Å². The molecule has 0 radical (unpaired) electrons. The van der Waals surface area contributed by atoms with Crippen LogP contribution in [0.15, 0.2) is 42.5 Å². The lowest BCUT2D eigenvalue weighted by molar-refractivity contribution is -0.122. The molecule has 1 aliphatic heterocycles. The van der Waals surface area contributed by atoms with Crippen molar-refractivity contribution in [3.05, 3.63) is 53.6 Å². The van der Waals surface area contributed by atoms with Gasteiger partial charge in [0.1, 0.15) is 5.75 Å². The van der Waals surface area contributed by atoms with E-state index >= 15 is 0 Å². The standard InChI is InChI=1S/C22H27N3O3/c1-15-7-6-8-18(13-15)28-16(2)22(27)24-19-14-17(21(23)26)9-10-20(19)25-11-4-3-5-12-25/h6-10,13-14,16H,3-5,11-12H2,1-2H3,(H2,23,26)(H,24,27). The number of hydrogen-bond donors (Lipinski definition) is 2. The van der Waals surface area contributed by atoms with Crippen molar-refractivity contribution in [3.8, 4) is 5.75 Å². The van der Waals surface area contributed by atoms with E-state index in [2.05, 4.69) is 10.2 Å². The first-order valence-electron chi connectivity index (χ1n) is 9.67. The Labute approximate surface area is 165 Å². The molecule has 2 amide bonds. The maximum Gasteiger partial charge on any atom is 0.265 e. The second kappa shape index (κ2) is 8.78. The number of amides is 2. The lowest BCUT2D eigenvalue weighted by atomic mass is 10.1. The number of ether oxygens (including phenoxy) is 1. The van der Waals surface area contributed by atoms with Crippen molar-refractivity contribution in [2.24, 2.45) is 5.73 Å². The first-order valence-corrected chi connectivity index (χ1v) is 9.67. The normalized spacial score (nSPS) is 15.0. The summed E-state index contributed by atoms with van der Waals surface area (Å²) in [4.78, 5) is 26.6. The molecule has 1 atom stereocenters. The lowest BCUT2D eigenvalue weighted by Crippen LogP contribution is -2.33. The van der Waals surface area contributed by atoms with Crippen LogP contribution >= 0.6 is 0 Å². The Morgan fingerprint density at radius 3 is 2.54 bits per heavy atom. The van der Waals surface area contributed by atoms with Crippen LogP contribution in [-0.4, -0.2) is 31.0 Å². The van der Waals surface area contributed by atoms with E-state index < -0.39 is 12.0 Å². The summed E-state index contributed by atoms with van der Waals surface area (Å²) in [7, 11) is 0. The van der Waals surface area contributed by atoms with Crippen LogP contribution in [0.5, 0.6) is 5.75 Å². The Morgan fingerprint density at radius 1 is 1.11 bits per heavy atom. The maximum atomic E-state index is 12.7. The van der Waals surface area contributed by atoms with Gasteiger partial charge in [0.15, 0.2) is 6.10 Å². The molecule has 1 heterocycles. The zero-order valence-electron chi connectivity index (χ0n) is 16.4. The predicted molar refractivity (Wildman–Crippen MR) is 111 cm³/mol. The van der Waals surface area contributed by atoms with Gasteiger partial charge in [-0.2, -0.15) is 0 Å². The molecule has 6 heteroatoms. The fourth-order valence-corrected chi connectivity index (χ4v) is 3.38. The molecule has 0 aromatic heterocycles. The number of hydrogen-bond acceptors (Lipinski definition) is 4. The van der Waals surface area contributed by atoms with Crippen molar-refractivity contribution in [2.75, 3.05) is 23.3 Å². The number of piperidine rings is 1. The zero-order valence-corrected chi connectivity index (χ0v) is 16.4. The highest BCUT2D eigenvalue weighted by atomic mass is 16.5. The van der Waals surface area contributed by atoms with Gasteiger partial charge >= 0.3 is 0 Å². The summed E-state index contributed by atoms with van der Waals surface area (Å²) in [5, 5.41) is 2.92. The summed E-state index contributed by atoms with van der Waals surface area (Å²) in [6.07, 6.45) is 2.74. The van der Waals surface area contributed by atoms with Gasteiger partial charge in [0.25, 0.3) is 5.91 Å². The van der Waals surface area contributed by atoms with Gasteiger partial charge < -0.3 is 20.7 Å². The molecule has 0 aliphatic carbocycles. The second-order valence-electron chi connectivity index (χ2n) is 7.21. The Balaban J connectivity index is 1.79. The highest BCUT2D eigenvalue weighted by Gasteiger charge is 2.20. The molecular formula is C22H27N3O3. The van der Waals surface area contributed by atoms with E-state index in [1.807, 2.05) is 37.3 Å². The topological polar surface area (TPSA) is 84.7 Å². The smallest absolute Gasteiger partial charge is 0.265 e. The molecule has 148 valence electrons. The van der Waals surface area contributed by atoms with Crippen LogP contribution in [0.2, 0.25) is 0 Å². The molecule has 6 nitrogen and oxygen atoms in total. The molecular weight excluding hydrogens is 354 g/mol. The molecule has 3 N–H and O–H groups in total. The summed E-state index contributed by atoms with van der Waals surface area (Å²) in [6.45, 7) is 5.52. The number of nitrogens with zero attached hydrogens (tertiary/aromatic N) is 1. The number of carbonyl (C=O) groups excluding carboxylic acids is 2. The number of nitrogens with two attached hydrogens (primary N) is 1. The van der Waals surface area contributed by atoms with Gasteiger partial charge in [-0.25, -0.2) is 0 Å². The summed E-state index contributed by atoms with van der Waals surface area (Å²) in [5.41, 5.74) is 8.34. The number of benzene rings is 2. The predicted octanol–water partition coefficient (Wildman–Crippen LogP) is 3.49. The third-order valence-corrected chi connectivity index (χ3v) is 4.91. The van der Waals surface area contributed by atoms with Gasteiger partial charge in [-0.15, -0.1) is 0 Å². The average molecular weight is 381 g/mol. The zero-order chi connectivity index (χ0) is 20.1. The van der Waals surface area contributed by atoms with Crippen LogP contribution in [-0.2, 0) is 4.79 Å². The minimum absolute atomic E-state index is 0.276. The number of carbonyl (C=O) groups is 2. The summed E-state index contributed by atoms with van der Waals surface area (Å²) < 4.78 is 5.77. The number of nitrogens with one attached hydrogen (secondary N) is 1. The fourth-order valence-electron chi connectivity index (χ4n) is 3.38. The van der Waals surface area contributed by atoms with Crippen LogP contribution in [0.25, 0.3) is 0 Å². The van der Waals surface area contributed by atoms with E-state index in [4.69, 9.17) is 10.5 Å². The Hall–Kier alpha value is -3.02. The van der Waals surface area contributed by atoms with Crippen molar-refractivity contribution >= 4 is 23.2 Å². The van der Waals surface area contributed by atoms with Gasteiger partial charge in [-0.05, 0) is 69.0 Å². The van der Waals surface area contributed by atoms with Crippen molar-refractivity contribution < 1.29 is 14.3 Å². The van der Waals surface area contributed by atoms with Crippen molar-refractivity contribution in [1.29, 1.82) is 0 Å². The van der Waals surface area contributed by atoms with Gasteiger partial charge in [-0.1, -0.05) is 12.1 Å². The molecule has 1 fully saturated rings. The largest absolute Gasteiger partial charge is 0.481 e. The molecule has 3 rings (SSSR count). The summed E-state index contributed by atoms with van der Waals surface area (Å²) in [5.74, 6) is -0.157. The van der Waals surface area contributed by atoms with E-state index in [9.17, 15) is 9.59 Å². The number of anilines is 2. The first kappa shape index (κ1) is 19.7. The molecule has 2 aromatic rings. The number of primary amides is 1. The van der Waals surface area contributed by atoms with Crippen LogP contribution < -0.4 is 20.7 Å². The highest BCUT2D eigenvalue weighted by molar-refractivity contribution is 6.00. The summed E-state index contributed by atoms with van der Waals surface area (Å²) >= 11 is 0. The number of aryl methyl sites for hydroxylation is 1. The van der Waals surface area contributed by atoms with E-state index in [0.29, 0.717) is 17.0 Å². The first-order chi connectivity index (χ1) is 13.4. The summed E-state index contributed by atoms with van der Waals surface area (Å²) in [6, 6.07) is 12.8. The molecule has 0 saturated carbocycles. The highest BCUT2D eigenvalue weighted by Crippen LogP contribution is 2.30. The van der Waals surface area contributed by atoms with E-state index in [1.165, 1.54) is 6.42 Å². The monoisotopic (exact) mass is 381 g/mol. The van der Waals surface area contributed by atoms with Crippen LogP contribution in [0, 0.1) is 6.92 Å². The van der Waals surface area contributed by atoms with Gasteiger partial charge in [0, 0.05) is 18.7 Å². The Kier molecular flexibility index (Phi) is 6.19. The molecule has 0 bridgehead atoms. The SMILES string of the molecule is Cc1cccc(OC(C)C(=O)Nc2cc(C(N)=O)ccc2N2CCCCC2)c1. The van der Waals surface area contributed by atoms with Crippen LogP contribution in [0.1, 0.15) is 42.1 Å². The van der Waals surface area contributed by atoms with Crippen molar-refractivity contribution in [2.45, 2.75) is 39.2 Å². The van der Waals surface area contributed by atoms with E-state index in [-0.39, 0.29) is 5.91 Å². The molecule has 1 unspecified atom stereocenters. The van der Waals surface area contributed by atoms with Crippen molar-refractivity contribution in [3.63, 3.8) is 0 Å². The van der Waals surface area contributed by atoms with E-state index in [0.717, 1.165) is 37.2 Å². The average Bonchev–Trinajstić information content (AvgIpc) is 2.68. The quantitative estimate of drug-likeness (QED) is 0.802. The third kappa shape index (κ3) is 4.82. The molecule has 28 heavy (non-hydrogen) atoms. The van der Waals surface area contributed by atoms with Gasteiger partial charge in [0.2, 0.25) is 5.91 Å². The molecule has 1 saturated heterocycles. The minimum Gasteiger partial charge on any atom is -0.481 e.